The van der Waals surface area contributed by atoms with E-state index in [-0.39, 0.29) is 17.9 Å². The molecule has 0 aromatic carbocycles. The van der Waals surface area contributed by atoms with E-state index in [4.69, 9.17) is 4.74 Å². The third-order valence-corrected chi connectivity index (χ3v) is 5.84. The van der Waals surface area contributed by atoms with Crippen LogP contribution in [0.2, 0.25) is 0 Å². The molecule has 2 bridgehead atoms. The van der Waals surface area contributed by atoms with Crippen LogP contribution in [0.3, 0.4) is 0 Å². The van der Waals surface area contributed by atoms with E-state index in [1.54, 1.807) is 6.92 Å². The van der Waals surface area contributed by atoms with Gasteiger partial charge in [0.25, 0.3) is 0 Å². The molecule has 142 valence electrons. The van der Waals surface area contributed by atoms with E-state index in [1.165, 1.54) is 5.57 Å². The van der Waals surface area contributed by atoms with Crippen molar-refractivity contribution in [2.45, 2.75) is 83.2 Å². The molecule has 3 N–H and O–H groups in total. The average molecular weight is 352 g/mol. The van der Waals surface area contributed by atoms with Crippen LogP contribution in [0.25, 0.3) is 0 Å². The van der Waals surface area contributed by atoms with Crippen LogP contribution in [0, 0.1) is 11.8 Å². The Balaban J connectivity index is 2.30. The van der Waals surface area contributed by atoms with Crippen LogP contribution in [0.15, 0.2) is 23.8 Å². The Kier molecular flexibility index (Phi) is 6.46. The first-order chi connectivity index (χ1) is 11.6. The standard InChI is InChI=1S/C20H32O5/c1-12-7-5-9-13(2)17(21)18(22)15-11-16(25-19(23)14(15)3)20(4,24)10-6-8-12/h8,13,15-18,21-22,24H,3,5-7,9-11H2,1-2,4H3/b12-8-/t13-,15-,16-,17+,18+,20+/m0/s1. The van der Waals surface area contributed by atoms with Crippen molar-refractivity contribution in [1.82, 2.24) is 0 Å². The molecular formula is C20H32O5. The Bertz CT molecular complexity index is 536. The first-order valence-corrected chi connectivity index (χ1v) is 9.27. The fourth-order valence-electron chi connectivity index (χ4n) is 3.83. The maximum absolute atomic E-state index is 12.2. The van der Waals surface area contributed by atoms with Gasteiger partial charge in [-0.3, -0.25) is 0 Å². The molecule has 0 unspecified atom stereocenters. The number of rotatable bonds is 0. The normalized spacial score (nSPS) is 43.6. The number of carbonyl (C=O) groups excluding carboxylic acids is 1. The molecule has 2 rings (SSSR count). The first-order valence-electron chi connectivity index (χ1n) is 9.27. The molecule has 1 fully saturated rings. The zero-order valence-electron chi connectivity index (χ0n) is 15.6. The second kappa shape index (κ2) is 8.02. The van der Waals surface area contributed by atoms with Gasteiger partial charge >= 0.3 is 5.97 Å². The fourth-order valence-corrected chi connectivity index (χ4v) is 3.83. The van der Waals surface area contributed by atoms with Gasteiger partial charge in [-0.05, 0) is 58.3 Å². The van der Waals surface area contributed by atoms with Crippen molar-refractivity contribution in [3.63, 3.8) is 0 Å². The molecule has 1 aliphatic heterocycles. The Labute approximate surface area is 150 Å². The monoisotopic (exact) mass is 352 g/mol. The van der Waals surface area contributed by atoms with Crippen LogP contribution in [0.4, 0.5) is 0 Å². The van der Waals surface area contributed by atoms with Gasteiger partial charge in [0, 0.05) is 11.5 Å². The number of esters is 1. The lowest BCUT2D eigenvalue weighted by atomic mass is 9.76. The van der Waals surface area contributed by atoms with Crippen molar-refractivity contribution < 1.29 is 24.9 Å². The smallest absolute Gasteiger partial charge is 0.334 e. The first kappa shape index (κ1) is 20.1. The highest BCUT2D eigenvalue weighted by Gasteiger charge is 2.45. The minimum absolute atomic E-state index is 0.0875. The van der Waals surface area contributed by atoms with Gasteiger partial charge in [-0.2, -0.15) is 0 Å². The summed E-state index contributed by atoms with van der Waals surface area (Å²) in [6.45, 7) is 9.39. The van der Waals surface area contributed by atoms with Crippen LogP contribution >= 0.6 is 0 Å². The maximum atomic E-state index is 12.2. The van der Waals surface area contributed by atoms with Crippen LogP contribution < -0.4 is 0 Å². The van der Waals surface area contributed by atoms with Gasteiger partial charge < -0.3 is 20.1 Å². The van der Waals surface area contributed by atoms with Gasteiger partial charge in [-0.1, -0.05) is 25.2 Å². The summed E-state index contributed by atoms with van der Waals surface area (Å²) >= 11 is 0. The molecule has 0 aromatic rings. The zero-order valence-corrected chi connectivity index (χ0v) is 15.6. The van der Waals surface area contributed by atoms with Gasteiger partial charge in [-0.25, -0.2) is 4.79 Å². The number of carbonyl (C=O) groups is 1. The topological polar surface area (TPSA) is 87.0 Å². The maximum Gasteiger partial charge on any atom is 0.334 e. The molecule has 2 aliphatic rings. The van der Waals surface area contributed by atoms with E-state index in [1.807, 2.05) is 6.92 Å². The highest BCUT2D eigenvalue weighted by atomic mass is 16.6. The largest absolute Gasteiger partial charge is 0.456 e. The molecular weight excluding hydrogens is 320 g/mol. The fraction of sp³-hybridized carbons (Fsp3) is 0.750. The number of ether oxygens (including phenoxy) is 1. The molecule has 0 aromatic heterocycles. The van der Waals surface area contributed by atoms with E-state index >= 15 is 0 Å². The van der Waals surface area contributed by atoms with Gasteiger partial charge in [-0.15, -0.1) is 0 Å². The van der Waals surface area contributed by atoms with Crippen molar-refractivity contribution in [2.75, 3.05) is 0 Å². The highest BCUT2D eigenvalue weighted by molar-refractivity contribution is 5.89. The van der Waals surface area contributed by atoms with Crippen LogP contribution in [-0.2, 0) is 9.53 Å². The lowest BCUT2D eigenvalue weighted by Crippen LogP contribution is -2.51. The van der Waals surface area contributed by atoms with E-state index in [0.29, 0.717) is 12.8 Å². The van der Waals surface area contributed by atoms with E-state index in [0.717, 1.165) is 19.3 Å². The molecule has 25 heavy (non-hydrogen) atoms. The molecule has 0 spiro atoms. The summed E-state index contributed by atoms with van der Waals surface area (Å²) in [5.74, 6) is -1.29. The third kappa shape index (κ3) is 4.72. The van der Waals surface area contributed by atoms with Crippen molar-refractivity contribution in [2.24, 2.45) is 11.8 Å². The summed E-state index contributed by atoms with van der Waals surface area (Å²) < 4.78 is 5.38. The summed E-state index contributed by atoms with van der Waals surface area (Å²) in [5.41, 5.74) is 0.238. The molecule has 1 saturated heterocycles. The summed E-state index contributed by atoms with van der Waals surface area (Å²) in [6.07, 6.45) is 3.49. The molecule has 0 amide bonds. The molecule has 1 heterocycles. The van der Waals surface area contributed by atoms with E-state index in [9.17, 15) is 20.1 Å². The molecule has 1 aliphatic carbocycles. The second-order valence-corrected chi connectivity index (χ2v) is 8.06. The number of aliphatic hydroxyl groups is 3. The summed E-state index contributed by atoms with van der Waals surface area (Å²) in [6, 6.07) is 0. The van der Waals surface area contributed by atoms with Crippen LogP contribution in [0.1, 0.15) is 59.3 Å². The summed E-state index contributed by atoms with van der Waals surface area (Å²) in [5, 5.41) is 32.0. The van der Waals surface area contributed by atoms with Crippen molar-refractivity contribution in [1.29, 1.82) is 0 Å². The SMILES string of the molecule is C=C1C(=O)O[C@H]2C[C@@H]1[C@@H](O)[C@H](O)[C@@H](C)CCC/C(C)=C\CC[C@@]2(C)O. The number of aliphatic hydroxyl groups excluding tert-OH is 2. The van der Waals surface area contributed by atoms with E-state index < -0.39 is 35.8 Å². The average Bonchev–Trinajstić information content (AvgIpc) is 2.54. The number of hydrogen-bond acceptors (Lipinski definition) is 5. The van der Waals surface area contributed by atoms with Gasteiger partial charge in [0.05, 0.1) is 17.8 Å². The zero-order chi connectivity index (χ0) is 18.8. The van der Waals surface area contributed by atoms with Crippen LogP contribution in [-0.4, -0.2) is 45.2 Å². The molecule has 6 atom stereocenters. The Morgan fingerprint density at radius 1 is 1.32 bits per heavy atom. The number of hydrogen-bond donors (Lipinski definition) is 3. The van der Waals surface area contributed by atoms with Gasteiger partial charge in [0.1, 0.15) is 6.10 Å². The summed E-state index contributed by atoms with van der Waals surface area (Å²) in [4.78, 5) is 12.2. The number of allylic oxidation sites excluding steroid dienone is 2. The Hall–Kier alpha value is -1.17. The molecule has 5 nitrogen and oxygen atoms in total. The highest BCUT2D eigenvalue weighted by Crippen LogP contribution is 2.37. The van der Waals surface area contributed by atoms with Crippen molar-refractivity contribution in [3.8, 4) is 0 Å². The lowest BCUT2D eigenvalue weighted by molar-refractivity contribution is -0.173. The minimum Gasteiger partial charge on any atom is -0.456 e. The van der Waals surface area contributed by atoms with Gasteiger partial charge in [0.2, 0.25) is 0 Å². The van der Waals surface area contributed by atoms with E-state index in [2.05, 4.69) is 19.6 Å². The second-order valence-electron chi connectivity index (χ2n) is 8.06. The quantitative estimate of drug-likeness (QED) is 0.354. The van der Waals surface area contributed by atoms with Crippen molar-refractivity contribution >= 4 is 5.97 Å². The minimum atomic E-state index is -1.19. The predicted molar refractivity (Wildman–Crippen MR) is 95.8 cm³/mol. The molecule has 0 saturated carbocycles. The Morgan fingerprint density at radius 3 is 2.68 bits per heavy atom. The Morgan fingerprint density at radius 2 is 2.00 bits per heavy atom. The lowest BCUT2D eigenvalue weighted by Gasteiger charge is -2.41. The number of fused-ring (bicyclic) bond motifs is 2. The van der Waals surface area contributed by atoms with Crippen molar-refractivity contribution in [3.05, 3.63) is 23.8 Å². The van der Waals surface area contributed by atoms with Gasteiger partial charge in [0.15, 0.2) is 0 Å². The van der Waals surface area contributed by atoms with Crippen LogP contribution in [0.5, 0.6) is 0 Å². The molecule has 0 radical (unpaired) electrons. The summed E-state index contributed by atoms with van der Waals surface area (Å²) in [7, 11) is 0. The molecule has 5 heteroatoms. The third-order valence-electron chi connectivity index (χ3n) is 5.84. The predicted octanol–water partition coefficient (Wildman–Crippen LogP) is 2.49.